The minimum atomic E-state index is -0.405. The van der Waals surface area contributed by atoms with Crippen LogP contribution < -0.4 is 11.1 Å². The predicted molar refractivity (Wildman–Crippen MR) is 67.2 cm³/mol. The summed E-state index contributed by atoms with van der Waals surface area (Å²) >= 11 is 6.01. The first kappa shape index (κ1) is 12.4. The first-order chi connectivity index (χ1) is 8.63. The van der Waals surface area contributed by atoms with Gasteiger partial charge in [-0.05, 0) is 19.1 Å². The Bertz CT molecular complexity index is 562. The van der Waals surface area contributed by atoms with E-state index in [0.29, 0.717) is 22.8 Å². The molecule has 0 aliphatic heterocycles. The molecule has 0 aliphatic rings. The van der Waals surface area contributed by atoms with Gasteiger partial charge in [-0.1, -0.05) is 22.8 Å². The van der Waals surface area contributed by atoms with E-state index in [1.807, 2.05) is 0 Å². The van der Waals surface area contributed by atoms with Crippen molar-refractivity contribution in [2.75, 3.05) is 12.3 Å². The topological polar surface area (TPSA) is 94.0 Å². The van der Waals surface area contributed by atoms with Gasteiger partial charge in [-0.3, -0.25) is 4.79 Å². The van der Waals surface area contributed by atoms with Crippen molar-refractivity contribution in [2.45, 2.75) is 6.92 Å². The van der Waals surface area contributed by atoms with Crippen molar-refractivity contribution in [1.82, 2.24) is 15.5 Å². The Labute approximate surface area is 108 Å². The van der Waals surface area contributed by atoms with E-state index in [-0.39, 0.29) is 11.7 Å². The van der Waals surface area contributed by atoms with Gasteiger partial charge in [0.25, 0.3) is 17.6 Å². The lowest BCUT2D eigenvalue weighted by Crippen LogP contribution is -2.23. The molecule has 2 rings (SSSR count). The second-order valence-corrected chi connectivity index (χ2v) is 3.89. The first-order valence-corrected chi connectivity index (χ1v) is 5.67. The SMILES string of the molecule is CCNC(=O)c1noc(-c2c(N)cccc2Cl)n1. The van der Waals surface area contributed by atoms with Gasteiger partial charge in [0.05, 0.1) is 10.6 Å². The second kappa shape index (κ2) is 5.05. The van der Waals surface area contributed by atoms with Crippen LogP contribution in [0.1, 0.15) is 17.5 Å². The summed E-state index contributed by atoms with van der Waals surface area (Å²) < 4.78 is 4.99. The standard InChI is InChI=1S/C11H11ClN4O2/c1-2-14-10(17)9-15-11(18-16-9)8-6(12)4-3-5-7(8)13/h3-5H,2,13H2,1H3,(H,14,17). The van der Waals surface area contributed by atoms with Crippen LogP contribution in [0.2, 0.25) is 5.02 Å². The molecule has 0 unspecified atom stereocenters. The molecular weight excluding hydrogens is 256 g/mol. The number of carbonyl (C=O) groups is 1. The number of amides is 1. The van der Waals surface area contributed by atoms with Gasteiger partial charge < -0.3 is 15.6 Å². The lowest BCUT2D eigenvalue weighted by atomic mass is 10.2. The average Bonchev–Trinajstić information content (AvgIpc) is 2.78. The quantitative estimate of drug-likeness (QED) is 0.825. The third-order valence-electron chi connectivity index (χ3n) is 2.23. The Kier molecular flexibility index (Phi) is 3.47. The molecule has 7 heteroatoms. The Morgan fingerprint density at radius 3 is 3.00 bits per heavy atom. The van der Waals surface area contributed by atoms with E-state index in [2.05, 4.69) is 15.5 Å². The number of aromatic nitrogens is 2. The molecule has 94 valence electrons. The van der Waals surface area contributed by atoms with Crippen molar-refractivity contribution >= 4 is 23.2 Å². The monoisotopic (exact) mass is 266 g/mol. The van der Waals surface area contributed by atoms with E-state index >= 15 is 0 Å². The van der Waals surface area contributed by atoms with Crippen LogP contribution in [-0.2, 0) is 0 Å². The summed E-state index contributed by atoms with van der Waals surface area (Å²) in [4.78, 5) is 15.5. The molecule has 0 radical (unpaired) electrons. The summed E-state index contributed by atoms with van der Waals surface area (Å²) in [5.74, 6) is -0.330. The molecule has 0 saturated carbocycles. The van der Waals surface area contributed by atoms with Crippen LogP contribution in [-0.4, -0.2) is 22.6 Å². The van der Waals surface area contributed by atoms with E-state index in [1.165, 1.54) is 0 Å². The van der Waals surface area contributed by atoms with Crippen LogP contribution >= 0.6 is 11.6 Å². The van der Waals surface area contributed by atoms with Gasteiger partial charge in [0.15, 0.2) is 0 Å². The minimum absolute atomic E-state index is 0.0498. The predicted octanol–water partition coefficient (Wildman–Crippen LogP) is 1.72. The summed E-state index contributed by atoms with van der Waals surface area (Å²) in [5.41, 5.74) is 6.63. The molecular formula is C11H11ClN4O2. The Morgan fingerprint density at radius 1 is 1.56 bits per heavy atom. The Hall–Kier alpha value is -2.08. The number of rotatable bonds is 3. The molecule has 1 aromatic heterocycles. The minimum Gasteiger partial charge on any atom is -0.398 e. The number of nitrogens with two attached hydrogens (primary N) is 1. The molecule has 0 bridgehead atoms. The van der Waals surface area contributed by atoms with Crippen LogP contribution in [0.15, 0.2) is 22.7 Å². The lowest BCUT2D eigenvalue weighted by Gasteiger charge is -2.01. The van der Waals surface area contributed by atoms with Gasteiger partial charge in [0.2, 0.25) is 0 Å². The van der Waals surface area contributed by atoms with Gasteiger partial charge in [-0.15, -0.1) is 0 Å². The van der Waals surface area contributed by atoms with Crippen molar-refractivity contribution in [3.05, 3.63) is 29.0 Å². The number of nitrogens with zero attached hydrogens (tertiary/aromatic N) is 2. The summed E-state index contributed by atoms with van der Waals surface area (Å²) in [6.45, 7) is 2.28. The fraction of sp³-hybridized carbons (Fsp3) is 0.182. The number of anilines is 1. The van der Waals surface area contributed by atoms with E-state index in [9.17, 15) is 4.79 Å². The number of benzene rings is 1. The fourth-order valence-electron chi connectivity index (χ4n) is 1.42. The summed E-state index contributed by atoms with van der Waals surface area (Å²) in [6.07, 6.45) is 0. The molecule has 0 spiro atoms. The van der Waals surface area contributed by atoms with Gasteiger partial charge in [0, 0.05) is 12.2 Å². The number of halogens is 1. The van der Waals surface area contributed by atoms with E-state index in [1.54, 1.807) is 25.1 Å². The maximum absolute atomic E-state index is 11.5. The van der Waals surface area contributed by atoms with E-state index in [0.717, 1.165) is 0 Å². The first-order valence-electron chi connectivity index (χ1n) is 5.29. The molecule has 0 saturated heterocycles. The summed E-state index contributed by atoms with van der Waals surface area (Å²) in [5, 5.41) is 6.54. The highest BCUT2D eigenvalue weighted by molar-refractivity contribution is 6.33. The third kappa shape index (κ3) is 2.28. The highest BCUT2D eigenvalue weighted by Gasteiger charge is 2.18. The normalized spacial score (nSPS) is 10.3. The molecule has 0 atom stereocenters. The lowest BCUT2D eigenvalue weighted by molar-refractivity contribution is 0.0942. The number of nitrogen functional groups attached to an aromatic ring is 1. The van der Waals surface area contributed by atoms with Crippen LogP contribution in [0, 0.1) is 0 Å². The average molecular weight is 267 g/mol. The van der Waals surface area contributed by atoms with E-state index < -0.39 is 5.91 Å². The largest absolute Gasteiger partial charge is 0.398 e. The Morgan fingerprint density at radius 2 is 2.33 bits per heavy atom. The van der Waals surface area contributed by atoms with Crippen LogP contribution in [0.5, 0.6) is 0 Å². The second-order valence-electron chi connectivity index (χ2n) is 3.49. The van der Waals surface area contributed by atoms with Gasteiger partial charge >= 0.3 is 0 Å². The van der Waals surface area contributed by atoms with Crippen LogP contribution in [0.3, 0.4) is 0 Å². The molecule has 2 aromatic rings. The van der Waals surface area contributed by atoms with Gasteiger partial charge in [-0.2, -0.15) is 4.98 Å². The summed E-state index contributed by atoms with van der Waals surface area (Å²) in [7, 11) is 0. The number of hydrogen-bond donors (Lipinski definition) is 2. The molecule has 18 heavy (non-hydrogen) atoms. The van der Waals surface area contributed by atoms with Crippen molar-refractivity contribution in [2.24, 2.45) is 0 Å². The van der Waals surface area contributed by atoms with Gasteiger partial charge in [0.1, 0.15) is 0 Å². The molecule has 3 N–H and O–H groups in total. The highest BCUT2D eigenvalue weighted by atomic mass is 35.5. The number of carbonyl (C=O) groups excluding carboxylic acids is 1. The maximum Gasteiger partial charge on any atom is 0.292 e. The smallest absolute Gasteiger partial charge is 0.292 e. The van der Waals surface area contributed by atoms with Crippen molar-refractivity contribution in [3.8, 4) is 11.5 Å². The molecule has 0 aliphatic carbocycles. The molecule has 1 aromatic carbocycles. The zero-order valence-corrected chi connectivity index (χ0v) is 10.4. The molecule has 1 amide bonds. The number of nitrogens with one attached hydrogen (secondary N) is 1. The van der Waals surface area contributed by atoms with E-state index in [4.69, 9.17) is 21.9 Å². The van der Waals surface area contributed by atoms with Crippen molar-refractivity contribution in [1.29, 1.82) is 0 Å². The highest BCUT2D eigenvalue weighted by Crippen LogP contribution is 2.31. The molecule has 6 nitrogen and oxygen atoms in total. The Balaban J connectivity index is 2.38. The fourth-order valence-corrected chi connectivity index (χ4v) is 1.69. The zero-order valence-electron chi connectivity index (χ0n) is 9.61. The third-order valence-corrected chi connectivity index (χ3v) is 2.54. The van der Waals surface area contributed by atoms with Crippen LogP contribution in [0.25, 0.3) is 11.5 Å². The molecule has 1 heterocycles. The zero-order chi connectivity index (χ0) is 13.1. The summed E-state index contributed by atoms with van der Waals surface area (Å²) in [6, 6.07) is 5.03. The van der Waals surface area contributed by atoms with Crippen LogP contribution in [0.4, 0.5) is 5.69 Å². The molecule has 0 fully saturated rings. The number of hydrogen-bond acceptors (Lipinski definition) is 5. The van der Waals surface area contributed by atoms with Gasteiger partial charge in [-0.25, -0.2) is 0 Å². The maximum atomic E-state index is 11.5. The van der Waals surface area contributed by atoms with Crippen molar-refractivity contribution < 1.29 is 9.32 Å². The van der Waals surface area contributed by atoms with Crippen molar-refractivity contribution in [3.63, 3.8) is 0 Å².